The summed E-state index contributed by atoms with van der Waals surface area (Å²) in [5, 5.41) is -0.895. The van der Waals surface area contributed by atoms with Crippen molar-refractivity contribution in [3.8, 4) is 0 Å². The van der Waals surface area contributed by atoms with Gasteiger partial charge < -0.3 is 0 Å². The van der Waals surface area contributed by atoms with Crippen LogP contribution in [0.2, 0.25) is 0 Å². The first-order valence-corrected chi connectivity index (χ1v) is 7.41. The van der Waals surface area contributed by atoms with Crippen LogP contribution in [0.15, 0.2) is 0 Å². The molecule has 0 aromatic carbocycles. The Hall–Kier alpha value is -0.660. The van der Waals surface area contributed by atoms with Crippen molar-refractivity contribution in [2.45, 2.75) is 43.3 Å². The second-order valence-electron chi connectivity index (χ2n) is 4.60. The van der Waals surface area contributed by atoms with Crippen LogP contribution in [0.5, 0.6) is 0 Å². The summed E-state index contributed by atoms with van der Waals surface area (Å²) in [5.41, 5.74) is 0. The first-order valence-electron chi connectivity index (χ1n) is 5.46. The molecule has 0 aromatic heterocycles. The van der Waals surface area contributed by atoms with Crippen molar-refractivity contribution in [1.29, 1.82) is 0 Å². The largest absolute Gasteiger partial charge is 0.364 e. The lowest BCUT2D eigenvalue weighted by Crippen LogP contribution is -2.43. The van der Waals surface area contributed by atoms with Gasteiger partial charge in [-0.15, -0.1) is 0 Å². The van der Waals surface area contributed by atoms with Gasteiger partial charge in [0.15, 0.2) is 0 Å². The quantitative estimate of drug-likeness (QED) is 0.745. The van der Waals surface area contributed by atoms with Crippen molar-refractivity contribution >= 4 is 15.6 Å². The highest BCUT2D eigenvalue weighted by Crippen LogP contribution is 2.35. The highest BCUT2D eigenvalue weighted by atomic mass is 32.2. The highest BCUT2D eigenvalue weighted by Gasteiger charge is 2.52. The molecular formula is C10H14F4O3S. The van der Waals surface area contributed by atoms with E-state index in [1.165, 1.54) is 0 Å². The molecule has 1 saturated carbocycles. The van der Waals surface area contributed by atoms with E-state index in [2.05, 4.69) is 0 Å². The third-order valence-corrected chi connectivity index (χ3v) is 4.84. The Morgan fingerprint density at radius 1 is 1.28 bits per heavy atom. The summed E-state index contributed by atoms with van der Waals surface area (Å²) >= 11 is 0. The van der Waals surface area contributed by atoms with Crippen molar-refractivity contribution in [2.75, 3.05) is 6.26 Å². The fraction of sp³-hybridized carbons (Fsp3) is 0.900. The van der Waals surface area contributed by atoms with E-state index in [9.17, 15) is 30.8 Å². The SMILES string of the molecule is CS(=O)(=O)C1CCCC(C(=O)C(F)(F)C(F)F)C1. The van der Waals surface area contributed by atoms with Crippen LogP contribution in [0, 0.1) is 5.92 Å². The predicted octanol–water partition coefficient (Wildman–Crippen LogP) is 2.06. The Balaban J connectivity index is 2.82. The molecule has 1 rings (SSSR count). The fourth-order valence-corrected chi connectivity index (χ4v) is 3.33. The molecule has 18 heavy (non-hydrogen) atoms. The lowest BCUT2D eigenvalue weighted by atomic mass is 9.84. The maximum Gasteiger partial charge on any atom is 0.364 e. The topological polar surface area (TPSA) is 51.2 Å². The predicted molar refractivity (Wildman–Crippen MR) is 56.5 cm³/mol. The summed E-state index contributed by atoms with van der Waals surface area (Å²) in [4.78, 5) is 11.3. The van der Waals surface area contributed by atoms with Gasteiger partial charge in [-0.1, -0.05) is 6.42 Å². The number of sulfone groups is 1. The first kappa shape index (κ1) is 15.4. The number of hydrogen-bond donors (Lipinski definition) is 0. The summed E-state index contributed by atoms with van der Waals surface area (Å²) < 4.78 is 72.5. The number of carbonyl (C=O) groups excluding carboxylic acids is 1. The second-order valence-corrected chi connectivity index (χ2v) is 6.93. The van der Waals surface area contributed by atoms with Gasteiger partial charge in [0.25, 0.3) is 0 Å². The number of carbonyl (C=O) groups is 1. The molecule has 1 fully saturated rings. The van der Waals surface area contributed by atoms with E-state index in [0.717, 1.165) is 6.26 Å². The van der Waals surface area contributed by atoms with Crippen LogP contribution in [0.3, 0.4) is 0 Å². The van der Waals surface area contributed by atoms with Gasteiger partial charge in [0.05, 0.1) is 5.25 Å². The molecule has 1 aliphatic rings. The van der Waals surface area contributed by atoms with Gasteiger partial charge in [-0.2, -0.15) is 8.78 Å². The zero-order valence-corrected chi connectivity index (χ0v) is 10.5. The normalized spacial score (nSPS) is 26.3. The number of halogens is 4. The molecule has 0 heterocycles. The van der Waals surface area contributed by atoms with Gasteiger partial charge in [0.2, 0.25) is 5.78 Å². The van der Waals surface area contributed by atoms with E-state index >= 15 is 0 Å². The molecule has 2 unspecified atom stereocenters. The van der Waals surface area contributed by atoms with Gasteiger partial charge in [0, 0.05) is 12.2 Å². The van der Waals surface area contributed by atoms with Crippen LogP contribution < -0.4 is 0 Å². The van der Waals surface area contributed by atoms with Gasteiger partial charge >= 0.3 is 12.3 Å². The maximum absolute atomic E-state index is 12.9. The minimum absolute atomic E-state index is 0.0349. The standard InChI is InChI=1S/C10H14F4O3S/c1-18(16,17)7-4-2-3-6(5-7)8(15)10(13,14)9(11)12/h6-7,9H,2-5H2,1H3. The molecule has 0 radical (unpaired) electrons. The molecule has 0 amide bonds. The summed E-state index contributed by atoms with van der Waals surface area (Å²) in [7, 11) is -3.44. The third-order valence-electron chi connectivity index (χ3n) is 3.20. The molecule has 0 N–H and O–H groups in total. The van der Waals surface area contributed by atoms with Crippen LogP contribution in [-0.2, 0) is 14.6 Å². The van der Waals surface area contributed by atoms with Gasteiger partial charge in [-0.05, 0) is 19.3 Å². The summed E-state index contributed by atoms with van der Waals surface area (Å²) in [6.07, 6.45) is -2.80. The van der Waals surface area contributed by atoms with Crippen molar-refractivity contribution in [1.82, 2.24) is 0 Å². The molecular weight excluding hydrogens is 276 g/mol. The smallest absolute Gasteiger partial charge is 0.292 e. The summed E-state index contributed by atoms with van der Waals surface area (Å²) in [6, 6.07) is 0. The minimum atomic E-state index is -4.69. The summed E-state index contributed by atoms with van der Waals surface area (Å²) in [6.45, 7) is 0. The molecule has 3 nitrogen and oxygen atoms in total. The molecule has 0 saturated heterocycles. The third kappa shape index (κ3) is 3.21. The number of alkyl halides is 4. The average molecular weight is 290 g/mol. The fourth-order valence-electron chi connectivity index (χ4n) is 2.15. The number of rotatable bonds is 4. The molecule has 0 aliphatic heterocycles. The maximum atomic E-state index is 12.9. The zero-order chi connectivity index (χ0) is 14.1. The molecule has 0 bridgehead atoms. The molecule has 106 valence electrons. The second kappa shape index (κ2) is 5.14. The van der Waals surface area contributed by atoms with Crippen LogP contribution in [0.4, 0.5) is 17.6 Å². The molecule has 2 atom stereocenters. The monoisotopic (exact) mass is 290 g/mol. The minimum Gasteiger partial charge on any atom is -0.292 e. The number of ketones is 1. The van der Waals surface area contributed by atoms with Crippen molar-refractivity contribution in [3.63, 3.8) is 0 Å². The Morgan fingerprint density at radius 2 is 1.83 bits per heavy atom. The Morgan fingerprint density at radius 3 is 2.28 bits per heavy atom. The van der Waals surface area contributed by atoms with Crippen LogP contribution >= 0.6 is 0 Å². The number of hydrogen-bond acceptors (Lipinski definition) is 3. The average Bonchev–Trinajstić information content (AvgIpc) is 2.26. The van der Waals surface area contributed by atoms with Crippen molar-refractivity contribution in [3.05, 3.63) is 0 Å². The van der Waals surface area contributed by atoms with Crippen LogP contribution in [0.1, 0.15) is 25.7 Å². The Bertz CT molecular complexity index is 419. The Labute approximate surface area is 102 Å². The van der Waals surface area contributed by atoms with Crippen molar-refractivity contribution in [2.24, 2.45) is 5.92 Å². The molecule has 1 aliphatic carbocycles. The lowest BCUT2D eigenvalue weighted by Gasteiger charge is -2.29. The van der Waals surface area contributed by atoms with Crippen molar-refractivity contribution < 1.29 is 30.8 Å². The van der Waals surface area contributed by atoms with Crippen LogP contribution in [0.25, 0.3) is 0 Å². The molecule has 0 aromatic rings. The first-order chi connectivity index (χ1) is 8.06. The van der Waals surface area contributed by atoms with E-state index in [1.54, 1.807) is 0 Å². The van der Waals surface area contributed by atoms with Gasteiger partial charge in [0.1, 0.15) is 9.84 Å². The van der Waals surface area contributed by atoms with E-state index in [1.807, 2.05) is 0 Å². The van der Waals surface area contributed by atoms with E-state index in [-0.39, 0.29) is 25.7 Å². The zero-order valence-electron chi connectivity index (χ0n) is 9.71. The lowest BCUT2D eigenvalue weighted by molar-refractivity contribution is -0.172. The number of Topliss-reactive ketones (excluding diaryl/α,β-unsaturated/α-hetero) is 1. The Kier molecular flexibility index (Phi) is 4.40. The van der Waals surface area contributed by atoms with E-state index < -0.39 is 39.1 Å². The van der Waals surface area contributed by atoms with E-state index in [4.69, 9.17) is 0 Å². The van der Waals surface area contributed by atoms with Crippen LogP contribution in [-0.4, -0.2) is 38.1 Å². The summed E-state index contributed by atoms with van der Waals surface area (Å²) in [5.74, 6) is -7.84. The van der Waals surface area contributed by atoms with Gasteiger partial charge in [-0.25, -0.2) is 17.2 Å². The molecule has 8 heteroatoms. The highest BCUT2D eigenvalue weighted by molar-refractivity contribution is 7.91. The molecule has 0 spiro atoms. The van der Waals surface area contributed by atoms with Gasteiger partial charge in [-0.3, -0.25) is 4.79 Å². The van der Waals surface area contributed by atoms with E-state index in [0.29, 0.717) is 0 Å².